The quantitative estimate of drug-likeness (QED) is 0.701. The van der Waals surface area contributed by atoms with Crippen molar-refractivity contribution in [1.29, 1.82) is 0 Å². The number of piperidine rings is 1. The minimum atomic E-state index is -0.891. The van der Waals surface area contributed by atoms with Gasteiger partial charge in [-0.25, -0.2) is 0 Å². The van der Waals surface area contributed by atoms with E-state index < -0.39 is 5.92 Å². The smallest absolute Gasteiger partial charge is 0.258 e. The van der Waals surface area contributed by atoms with Gasteiger partial charge >= 0.3 is 0 Å². The molecule has 2 aliphatic rings. The summed E-state index contributed by atoms with van der Waals surface area (Å²) in [5, 5.41) is 5.60. The van der Waals surface area contributed by atoms with Gasteiger partial charge in [0.25, 0.3) is 5.56 Å². The Kier molecular flexibility index (Phi) is 5.80. The van der Waals surface area contributed by atoms with Crippen molar-refractivity contribution in [2.45, 2.75) is 46.0 Å². The van der Waals surface area contributed by atoms with Crippen LogP contribution < -0.4 is 21.1 Å². The number of hydrogen-bond acceptors (Lipinski definition) is 5. The summed E-state index contributed by atoms with van der Waals surface area (Å²) in [6, 6.07) is 7.52. The summed E-state index contributed by atoms with van der Waals surface area (Å²) in [4.78, 5) is 47.9. The lowest BCUT2D eigenvalue weighted by Gasteiger charge is -2.35. The summed E-state index contributed by atoms with van der Waals surface area (Å²) in [6.07, 6.45) is 1.80. The summed E-state index contributed by atoms with van der Waals surface area (Å²) in [5.74, 6) is 0.00889. The van der Waals surface area contributed by atoms with Crippen molar-refractivity contribution in [2.24, 2.45) is 11.8 Å². The number of amides is 2. The van der Waals surface area contributed by atoms with Crippen LogP contribution in [0.2, 0.25) is 0 Å². The van der Waals surface area contributed by atoms with Crippen LogP contribution in [-0.4, -0.2) is 34.9 Å². The molecule has 0 radical (unpaired) electrons. The maximum atomic E-state index is 13.1. The molecular weight excluding hydrogens is 394 g/mol. The number of nitrogens with one attached hydrogen (secondary N) is 3. The van der Waals surface area contributed by atoms with E-state index in [9.17, 15) is 14.4 Å². The molecule has 1 aromatic heterocycles. The molecule has 164 valence electrons. The highest BCUT2D eigenvalue weighted by Crippen LogP contribution is 2.32. The van der Waals surface area contributed by atoms with Gasteiger partial charge in [-0.1, -0.05) is 39.0 Å². The van der Waals surface area contributed by atoms with Crippen LogP contribution in [0.1, 0.15) is 50.7 Å². The van der Waals surface area contributed by atoms with E-state index in [1.165, 1.54) is 0 Å². The Morgan fingerprint density at radius 1 is 1.19 bits per heavy atom. The lowest BCUT2D eigenvalue weighted by atomic mass is 9.91. The second-order valence-corrected chi connectivity index (χ2v) is 8.81. The highest BCUT2D eigenvalue weighted by atomic mass is 16.2. The van der Waals surface area contributed by atoms with Crippen LogP contribution in [0, 0.1) is 11.8 Å². The second-order valence-electron chi connectivity index (χ2n) is 8.81. The predicted molar refractivity (Wildman–Crippen MR) is 120 cm³/mol. The number of carbonyl (C=O) groups excluding carboxylic acids is 2. The third-order valence-corrected chi connectivity index (χ3v) is 6.08. The van der Waals surface area contributed by atoms with Crippen LogP contribution in [-0.2, 0) is 16.0 Å². The molecule has 1 saturated heterocycles. The van der Waals surface area contributed by atoms with Crippen molar-refractivity contribution >= 4 is 29.3 Å². The maximum absolute atomic E-state index is 13.1. The average molecular weight is 424 g/mol. The van der Waals surface area contributed by atoms with Crippen molar-refractivity contribution < 1.29 is 9.59 Å². The third-order valence-electron chi connectivity index (χ3n) is 6.08. The van der Waals surface area contributed by atoms with Gasteiger partial charge in [0.1, 0.15) is 5.82 Å². The van der Waals surface area contributed by atoms with E-state index in [4.69, 9.17) is 0 Å². The molecule has 8 nitrogen and oxygen atoms in total. The standard InChI is InChI=1S/C23H29N5O3/c1-4-15-7-5-6-8-17(15)24-21(30)16-10-18(29)25-20-19(16)22(31)27-23(26-20)28-11-13(2)9-14(3)12-28/h5-8,13-14,16H,4,9-12H2,1-3H3,(H,24,30)(H2,25,26,27,29,31)/t13-,14-,16+/m1/s1. The Hall–Kier alpha value is -3.16. The molecule has 0 aliphatic carbocycles. The van der Waals surface area contributed by atoms with Crippen LogP contribution >= 0.6 is 0 Å². The van der Waals surface area contributed by atoms with Gasteiger partial charge in [-0.05, 0) is 36.3 Å². The molecule has 0 bridgehead atoms. The fraction of sp³-hybridized carbons (Fsp3) is 0.478. The Bertz CT molecular complexity index is 1050. The van der Waals surface area contributed by atoms with Crippen LogP contribution in [0.3, 0.4) is 0 Å². The lowest BCUT2D eigenvalue weighted by Crippen LogP contribution is -2.42. The molecule has 2 aromatic rings. The number of H-pyrrole nitrogens is 1. The molecule has 3 heterocycles. The van der Waals surface area contributed by atoms with Gasteiger partial charge in [0.05, 0.1) is 11.5 Å². The van der Waals surface area contributed by atoms with E-state index in [-0.39, 0.29) is 35.2 Å². The van der Waals surface area contributed by atoms with E-state index in [1.807, 2.05) is 36.1 Å². The van der Waals surface area contributed by atoms with Gasteiger partial charge in [-0.2, -0.15) is 4.98 Å². The summed E-state index contributed by atoms with van der Waals surface area (Å²) in [5.41, 5.74) is 1.52. The normalized spacial score (nSPS) is 23.1. The van der Waals surface area contributed by atoms with E-state index >= 15 is 0 Å². The first-order valence-electron chi connectivity index (χ1n) is 10.9. The number of aromatic nitrogens is 2. The van der Waals surface area contributed by atoms with Gasteiger partial charge in [-0.15, -0.1) is 0 Å². The Morgan fingerprint density at radius 2 is 1.90 bits per heavy atom. The molecule has 2 amide bonds. The van der Waals surface area contributed by atoms with Gasteiger partial charge in [0.2, 0.25) is 17.8 Å². The molecular formula is C23H29N5O3. The number of anilines is 3. The van der Waals surface area contributed by atoms with Crippen LogP contribution in [0.15, 0.2) is 29.1 Å². The fourth-order valence-electron chi connectivity index (χ4n) is 4.74. The number of aryl methyl sites for hydroxylation is 1. The Morgan fingerprint density at radius 3 is 2.61 bits per heavy atom. The molecule has 2 aliphatic heterocycles. The number of hydrogen-bond donors (Lipinski definition) is 3. The first-order chi connectivity index (χ1) is 14.9. The molecule has 1 aromatic carbocycles. The first kappa shape index (κ1) is 21.1. The zero-order valence-electron chi connectivity index (χ0n) is 18.2. The number of fused-ring (bicyclic) bond motifs is 1. The minimum absolute atomic E-state index is 0.0883. The van der Waals surface area contributed by atoms with Gasteiger partial charge in [0, 0.05) is 25.2 Å². The lowest BCUT2D eigenvalue weighted by molar-refractivity contribution is -0.123. The van der Waals surface area contributed by atoms with Crippen molar-refractivity contribution in [3.05, 3.63) is 45.7 Å². The SMILES string of the molecule is CCc1ccccc1NC(=O)[C@H]1CC(=O)Nc2nc(N3C[C@H](C)C[C@@H](C)C3)[nH]c(=O)c21. The summed E-state index contributed by atoms with van der Waals surface area (Å²) >= 11 is 0. The predicted octanol–water partition coefficient (Wildman–Crippen LogP) is 2.88. The van der Waals surface area contributed by atoms with Crippen molar-refractivity contribution in [3.8, 4) is 0 Å². The zero-order chi connectivity index (χ0) is 22.1. The Balaban J connectivity index is 1.65. The number of rotatable bonds is 4. The van der Waals surface area contributed by atoms with E-state index in [1.54, 1.807) is 0 Å². The van der Waals surface area contributed by atoms with Gasteiger partial charge < -0.3 is 15.5 Å². The summed E-state index contributed by atoms with van der Waals surface area (Å²) in [6.45, 7) is 7.94. The molecule has 0 unspecified atom stereocenters. The molecule has 8 heteroatoms. The first-order valence-corrected chi connectivity index (χ1v) is 10.9. The molecule has 3 N–H and O–H groups in total. The van der Waals surface area contributed by atoms with Crippen LogP contribution in [0.5, 0.6) is 0 Å². The van der Waals surface area contributed by atoms with Crippen molar-refractivity contribution in [2.75, 3.05) is 28.6 Å². The zero-order valence-corrected chi connectivity index (χ0v) is 18.2. The summed E-state index contributed by atoms with van der Waals surface area (Å²) in [7, 11) is 0. The molecule has 31 heavy (non-hydrogen) atoms. The van der Waals surface area contributed by atoms with Crippen molar-refractivity contribution in [3.63, 3.8) is 0 Å². The van der Waals surface area contributed by atoms with Gasteiger partial charge in [0.15, 0.2) is 0 Å². The number of carbonyl (C=O) groups is 2. The fourth-order valence-corrected chi connectivity index (χ4v) is 4.74. The maximum Gasteiger partial charge on any atom is 0.258 e. The molecule has 0 saturated carbocycles. The monoisotopic (exact) mass is 423 g/mol. The average Bonchev–Trinajstić information content (AvgIpc) is 2.72. The van der Waals surface area contributed by atoms with E-state index in [0.29, 0.717) is 23.5 Å². The minimum Gasteiger partial charge on any atom is -0.342 e. The van der Waals surface area contributed by atoms with Crippen LogP contribution in [0.25, 0.3) is 0 Å². The van der Waals surface area contributed by atoms with E-state index in [2.05, 4.69) is 34.4 Å². The number of para-hydroxylation sites is 1. The molecule has 4 rings (SSSR count). The summed E-state index contributed by atoms with van der Waals surface area (Å²) < 4.78 is 0. The number of aromatic amines is 1. The topological polar surface area (TPSA) is 107 Å². The third kappa shape index (κ3) is 4.33. The molecule has 3 atom stereocenters. The Labute approximate surface area is 181 Å². The van der Waals surface area contributed by atoms with Gasteiger partial charge in [-0.3, -0.25) is 19.4 Å². The number of benzene rings is 1. The van der Waals surface area contributed by atoms with E-state index in [0.717, 1.165) is 31.5 Å². The highest BCUT2D eigenvalue weighted by Gasteiger charge is 2.35. The highest BCUT2D eigenvalue weighted by molar-refractivity contribution is 6.04. The van der Waals surface area contributed by atoms with Crippen LogP contribution in [0.4, 0.5) is 17.5 Å². The number of nitrogens with zero attached hydrogens (tertiary/aromatic N) is 2. The van der Waals surface area contributed by atoms with Crippen molar-refractivity contribution in [1.82, 2.24) is 9.97 Å². The molecule has 0 spiro atoms. The second kappa shape index (κ2) is 8.53. The molecule has 1 fully saturated rings. The largest absolute Gasteiger partial charge is 0.342 e.